The van der Waals surface area contributed by atoms with Crippen LogP contribution in [0.15, 0.2) is 0 Å². The summed E-state index contributed by atoms with van der Waals surface area (Å²) in [5.41, 5.74) is 0. The van der Waals surface area contributed by atoms with E-state index in [-0.39, 0.29) is 17.2 Å². The minimum absolute atomic E-state index is 0.154. The summed E-state index contributed by atoms with van der Waals surface area (Å²) in [5.74, 6) is -0.476. The Kier molecular flexibility index (Phi) is 7.77. The van der Waals surface area contributed by atoms with Crippen molar-refractivity contribution in [3.8, 4) is 0 Å². The Balaban J connectivity index is 2.03. The van der Waals surface area contributed by atoms with Crippen molar-refractivity contribution in [1.82, 2.24) is 0 Å². The molecular weight excluding hydrogens is 344 g/mol. The van der Waals surface area contributed by atoms with Gasteiger partial charge in [-0.2, -0.15) is 0 Å². The summed E-state index contributed by atoms with van der Waals surface area (Å²) in [6.07, 6.45) is 8.71. The molecule has 1 saturated carbocycles. The largest absolute Gasteiger partial charge is 0.414 e. The lowest BCUT2D eigenvalue weighted by Crippen LogP contribution is -2.45. The molecule has 0 aromatic heterocycles. The Morgan fingerprint density at radius 1 is 1.12 bits per heavy atom. The average molecular weight is 387 g/mol. The lowest BCUT2D eigenvalue weighted by Gasteiger charge is -2.37. The fourth-order valence-electron chi connectivity index (χ4n) is 3.75. The van der Waals surface area contributed by atoms with Crippen LogP contribution in [-0.2, 0) is 13.9 Å². The standard InChI is InChI=1S/C21H42O4Si/c1-7-8-10-13-17(22)19-18(16-23-26(5,6)20(2,3)4)24-21(25-19)14-11-9-12-15-21/h17-19,22H,7-16H2,1-6H3/t17-,18+,19+/m1/s1. The molecule has 0 aromatic carbocycles. The highest BCUT2D eigenvalue weighted by molar-refractivity contribution is 6.74. The fourth-order valence-corrected chi connectivity index (χ4v) is 4.76. The monoisotopic (exact) mass is 386 g/mol. The van der Waals surface area contributed by atoms with E-state index in [1.54, 1.807) is 0 Å². The molecule has 0 amide bonds. The molecular formula is C21H42O4Si. The van der Waals surface area contributed by atoms with Crippen molar-refractivity contribution in [3.05, 3.63) is 0 Å². The topological polar surface area (TPSA) is 47.9 Å². The smallest absolute Gasteiger partial charge is 0.192 e. The number of aliphatic hydroxyl groups is 1. The van der Waals surface area contributed by atoms with E-state index in [2.05, 4.69) is 40.8 Å². The summed E-state index contributed by atoms with van der Waals surface area (Å²) in [7, 11) is -1.85. The third-order valence-electron chi connectivity index (χ3n) is 6.60. The van der Waals surface area contributed by atoms with Crippen molar-refractivity contribution in [2.24, 2.45) is 0 Å². The maximum absolute atomic E-state index is 10.8. The summed E-state index contributed by atoms with van der Waals surface area (Å²) in [6, 6.07) is 0. The molecule has 0 unspecified atom stereocenters. The number of rotatable bonds is 8. The number of hydrogen-bond donors (Lipinski definition) is 1. The van der Waals surface area contributed by atoms with E-state index < -0.39 is 20.2 Å². The van der Waals surface area contributed by atoms with E-state index in [9.17, 15) is 5.11 Å². The quantitative estimate of drug-likeness (QED) is 0.448. The van der Waals surface area contributed by atoms with Gasteiger partial charge in [0.25, 0.3) is 0 Å². The molecule has 3 atom stereocenters. The van der Waals surface area contributed by atoms with Crippen molar-refractivity contribution >= 4 is 8.32 Å². The van der Waals surface area contributed by atoms with Gasteiger partial charge in [-0.25, -0.2) is 0 Å². The van der Waals surface area contributed by atoms with E-state index in [4.69, 9.17) is 13.9 Å². The molecule has 1 heterocycles. The molecule has 1 aliphatic carbocycles. The minimum Gasteiger partial charge on any atom is -0.414 e. The third kappa shape index (κ3) is 5.54. The van der Waals surface area contributed by atoms with Gasteiger partial charge in [0.2, 0.25) is 0 Å². The molecule has 0 bridgehead atoms. The van der Waals surface area contributed by atoms with E-state index in [1.165, 1.54) is 6.42 Å². The molecule has 1 aliphatic heterocycles. The van der Waals surface area contributed by atoms with Gasteiger partial charge in [-0.3, -0.25) is 0 Å². The van der Waals surface area contributed by atoms with Crippen molar-refractivity contribution in [2.45, 2.75) is 128 Å². The van der Waals surface area contributed by atoms with E-state index in [0.717, 1.165) is 51.4 Å². The van der Waals surface area contributed by atoms with Crippen LogP contribution in [0.3, 0.4) is 0 Å². The molecule has 2 rings (SSSR count). The highest BCUT2D eigenvalue weighted by atomic mass is 28.4. The second-order valence-corrected chi connectivity index (χ2v) is 14.7. The summed E-state index contributed by atoms with van der Waals surface area (Å²) in [4.78, 5) is 0. The summed E-state index contributed by atoms with van der Waals surface area (Å²) < 4.78 is 19.3. The van der Waals surface area contributed by atoms with Crippen LogP contribution in [0.25, 0.3) is 0 Å². The zero-order valence-electron chi connectivity index (χ0n) is 18.0. The van der Waals surface area contributed by atoms with Crippen molar-refractivity contribution in [2.75, 3.05) is 6.61 Å². The summed E-state index contributed by atoms with van der Waals surface area (Å²) >= 11 is 0. The van der Waals surface area contributed by atoms with Crippen LogP contribution in [0.4, 0.5) is 0 Å². The summed E-state index contributed by atoms with van der Waals surface area (Å²) in [6.45, 7) is 14.0. The van der Waals surface area contributed by atoms with Gasteiger partial charge in [-0.1, -0.05) is 53.4 Å². The lowest BCUT2D eigenvalue weighted by atomic mass is 9.94. The number of ether oxygens (including phenoxy) is 2. The van der Waals surface area contributed by atoms with Crippen LogP contribution in [0, 0.1) is 0 Å². The second kappa shape index (κ2) is 9.04. The molecule has 0 aromatic rings. The van der Waals surface area contributed by atoms with Gasteiger partial charge in [-0.15, -0.1) is 0 Å². The van der Waals surface area contributed by atoms with Crippen LogP contribution >= 0.6 is 0 Å². The van der Waals surface area contributed by atoms with Gasteiger partial charge in [0.05, 0.1) is 12.7 Å². The van der Waals surface area contributed by atoms with Crippen LogP contribution in [-0.4, -0.2) is 44.1 Å². The first kappa shape index (κ1) is 22.3. The molecule has 2 aliphatic rings. The van der Waals surface area contributed by atoms with Gasteiger partial charge < -0.3 is 19.0 Å². The third-order valence-corrected chi connectivity index (χ3v) is 11.1. The first-order chi connectivity index (χ1) is 12.1. The van der Waals surface area contributed by atoms with Gasteiger partial charge in [0.1, 0.15) is 12.2 Å². The molecule has 2 fully saturated rings. The highest BCUT2D eigenvalue weighted by Crippen LogP contribution is 2.43. The molecule has 154 valence electrons. The van der Waals surface area contributed by atoms with E-state index >= 15 is 0 Å². The Hall–Kier alpha value is 0.0569. The Morgan fingerprint density at radius 2 is 1.77 bits per heavy atom. The molecule has 5 heteroatoms. The fraction of sp³-hybridized carbons (Fsp3) is 1.00. The predicted molar refractivity (Wildman–Crippen MR) is 109 cm³/mol. The van der Waals surface area contributed by atoms with Crippen molar-refractivity contribution in [3.63, 3.8) is 0 Å². The van der Waals surface area contributed by atoms with Crippen LogP contribution in [0.5, 0.6) is 0 Å². The zero-order chi connectivity index (χ0) is 19.4. The second-order valence-electron chi connectivity index (χ2n) is 9.84. The van der Waals surface area contributed by atoms with Crippen LogP contribution in [0.1, 0.15) is 85.5 Å². The normalized spacial score (nSPS) is 27.8. The average Bonchev–Trinajstić information content (AvgIpc) is 2.91. The molecule has 4 nitrogen and oxygen atoms in total. The summed E-state index contributed by atoms with van der Waals surface area (Å²) in [5, 5.41) is 11.0. The first-order valence-corrected chi connectivity index (χ1v) is 13.7. The van der Waals surface area contributed by atoms with Crippen LogP contribution < -0.4 is 0 Å². The number of aliphatic hydroxyl groups excluding tert-OH is 1. The number of unbranched alkanes of at least 4 members (excludes halogenated alkanes) is 2. The molecule has 1 saturated heterocycles. The Bertz CT molecular complexity index is 426. The predicted octanol–water partition coefficient (Wildman–Crippen LogP) is 5.39. The van der Waals surface area contributed by atoms with Gasteiger partial charge in [0.15, 0.2) is 14.1 Å². The van der Waals surface area contributed by atoms with Gasteiger partial charge in [0, 0.05) is 12.8 Å². The van der Waals surface area contributed by atoms with Crippen LogP contribution in [0.2, 0.25) is 18.1 Å². The lowest BCUT2D eigenvalue weighted by molar-refractivity contribution is -0.201. The van der Waals surface area contributed by atoms with Gasteiger partial charge in [-0.05, 0) is 37.4 Å². The maximum atomic E-state index is 10.8. The van der Waals surface area contributed by atoms with E-state index in [0.29, 0.717) is 6.61 Å². The maximum Gasteiger partial charge on any atom is 0.192 e. The SMILES string of the molecule is CCCCC[C@@H](O)[C@@H]1OC2(CCCCC2)O[C@H]1CO[Si](C)(C)C(C)(C)C. The van der Waals surface area contributed by atoms with E-state index in [1.807, 2.05) is 0 Å². The molecule has 1 spiro atoms. The van der Waals surface area contributed by atoms with Crippen molar-refractivity contribution in [1.29, 1.82) is 0 Å². The molecule has 1 N–H and O–H groups in total. The highest BCUT2D eigenvalue weighted by Gasteiger charge is 2.51. The molecule has 26 heavy (non-hydrogen) atoms. The minimum atomic E-state index is -1.85. The van der Waals surface area contributed by atoms with Crippen molar-refractivity contribution < 1.29 is 19.0 Å². The molecule has 0 radical (unpaired) electrons. The number of hydrogen-bond acceptors (Lipinski definition) is 4. The zero-order valence-corrected chi connectivity index (χ0v) is 19.0. The Morgan fingerprint density at radius 3 is 2.35 bits per heavy atom. The van der Waals surface area contributed by atoms with Gasteiger partial charge >= 0.3 is 0 Å². The first-order valence-electron chi connectivity index (χ1n) is 10.8. The Labute approximate surface area is 162 Å².